The van der Waals surface area contributed by atoms with Crippen LogP contribution in [0.25, 0.3) is 0 Å². The standard InChI is InChI=1S/C19H23BrN4O2S/c1-12-7-8-15(14(20)11-12)21-16(25)9-10-17(26)22-19-24-23-18(27-19)13-5-3-2-4-6-13/h7-8,11,13H,2-6,9-10H2,1H3,(H,21,25)(H,22,24,26). The van der Waals surface area contributed by atoms with Crippen molar-refractivity contribution < 1.29 is 9.59 Å². The average Bonchev–Trinajstić information content (AvgIpc) is 3.11. The molecule has 27 heavy (non-hydrogen) atoms. The van der Waals surface area contributed by atoms with Crippen molar-refractivity contribution >= 4 is 49.9 Å². The fourth-order valence-electron chi connectivity index (χ4n) is 3.14. The van der Waals surface area contributed by atoms with Crippen LogP contribution in [0.5, 0.6) is 0 Å². The van der Waals surface area contributed by atoms with Gasteiger partial charge in [0.15, 0.2) is 0 Å². The Morgan fingerprint density at radius 3 is 2.52 bits per heavy atom. The summed E-state index contributed by atoms with van der Waals surface area (Å²) >= 11 is 4.87. The van der Waals surface area contributed by atoms with Gasteiger partial charge in [-0.3, -0.25) is 9.59 Å². The Balaban J connectivity index is 1.45. The van der Waals surface area contributed by atoms with Gasteiger partial charge in [0.05, 0.1) is 5.69 Å². The molecule has 2 aromatic rings. The first-order valence-electron chi connectivity index (χ1n) is 9.20. The maximum atomic E-state index is 12.1. The van der Waals surface area contributed by atoms with Gasteiger partial charge in [0.25, 0.3) is 0 Å². The molecular weight excluding hydrogens is 428 g/mol. The van der Waals surface area contributed by atoms with Crippen LogP contribution in [-0.4, -0.2) is 22.0 Å². The summed E-state index contributed by atoms with van der Waals surface area (Å²) in [7, 11) is 0. The van der Waals surface area contributed by atoms with E-state index in [1.165, 1.54) is 30.6 Å². The number of nitrogens with zero attached hydrogens (tertiary/aromatic N) is 2. The van der Waals surface area contributed by atoms with E-state index in [4.69, 9.17) is 0 Å². The van der Waals surface area contributed by atoms with E-state index in [0.717, 1.165) is 27.9 Å². The number of halogens is 1. The van der Waals surface area contributed by atoms with Gasteiger partial charge in [-0.25, -0.2) is 0 Å². The van der Waals surface area contributed by atoms with Crippen molar-refractivity contribution in [2.45, 2.75) is 57.8 Å². The van der Waals surface area contributed by atoms with Crippen LogP contribution in [-0.2, 0) is 9.59 Å². The largest absolute Gasteiger partial charge is 0.325 e. The summed E-state index contributed by atoms with van der Waals surface area (Å²) in [6.45, 7) is 1.98. The summed E-state index contributed by atoms with van der Waals surface area (Å²) in [5.41, 5.74) is 1.80. The maximum absolute atomic E-state index is 12.1. The van der Waals surface area contributed by atoms with Gasteiger partial charge in [-0.05, 0) is 53.4 Å². The van der Waals surface area contributed by atoms with Crippen molar-refractivity contribution in [1.29, 1.82) is 0 Å². The third-order valence-electron chi connectivity index (χ3n) is 4.62. The molecule has 0 unspecified atom stereocenters. The first-order valence-corrected chi connectivity index (χ1v) is 10.8. The molecule has 144 valence electrons. The molecule has 6 nitrogen and oxygen atoms in total. The minimum atomic E-state index is -0.223. The van der Waals surface area contributed by atoms with Crippen LogP contribution in [0.3, 0.4) is 0 Å². The third-order valence-corrected chi connectivity index (χ3v) is 6.28. The molecule has 8 heteroatoms. The summed E-state index contributed by atoms with van der Waals surface area (Å²) in [5.74, 6) is 0.0509. The topological polar surface area (TPSA) is 84.0 Å². The van der Waals surface area contributed by atoms with Crippen molar-refractivity contribution in [3.8, 4) is 0 Å². The Morgan fingerprint density at radius 1 is 1.11 bits per heavy atom. The zero-order valence-corrected chi connectivity index (χ0v) is 17.7. The quantitative estimate of drug-likeness (QED) is 0.647. The summed E-state index contributed by atoms with van der Waals surface area (Å²) < 4.78 is 0.824. The Hall–Kier alpha value is -1.80. The molecule has 1 aliphatic rings. The Labute approximate surface area is 171 Å². The van der Waals surface area contributed by atoms with Crippen molar-refractivity contribution in [3.05, 3.63) is 33.2 Å². The molecule has 3 rings (SSSR count). The lowest BCUT2D eigenvalue weighted by Crippen LogP contribution is -2.17. The highest BCUT2D eigenvalue weighted by Crippen LogP contribution is 2.35. The Morgan fingerprint density at radius 2 is 1.81 bits per heavy atom. The number of anilines is 2. The molecule has 1 fully saturated rings. The lowest BCUT2D eigenvalue weighted by Gasteiger charge is -2.18. The van der Waals surface area contributed by atoms with Crippen molar-refractivity contribution in [1.82, 2.24) is 10.2 Å². The molecule has 1 aliphatic carbocycles. The second-order valence-electron chi connectivity index (χ2n) is 6.86. The van der Waals surface area contributed by atoms with Crippen LogP contribution in [0.4, 0.5) is 10.8 Å². The number of amides is 2. The fraction of sp³-hybridized carbons (Fsp3) is 0.474. The van der Waals surface area contributed by atoms with Crippen LogP contribution in [0.1, 0.15) is 61.4 Å². The van der Waals surface area contributed by atoms with Gasteiger partial charge < -0.3 is 10.6 Å². The highest BCUT2D eigenvalue weighted by Gasteiger charge is 2.20. The molecule has 1 heterocycles. The molecule has 1 saturated carbocycles. The predicted octanol–water partition coefficient (Wildman–Crippen LogP) is 5.01. The molecule has 0 spiro atoms. The lowest BCUT2D eigenvalue weighted by molar-refractivity contribution is -0.121. The number of hydrogen-bond acceptors (Lipinski definition) is 5. The van der Waals surface area contributed by atoms with E-state index in [-0.39, 0.29) is 24.7 Å². The van der Waals surface area contributed by atoms with Crippen molar-refractivity contribution in [3.63, 3.8) is 0 Å². The molecule has 0 saturated heterocycles. The van der Waals surface area contributed by atoms with Gasteiger partial charge in [-0.2, -0.15) is 0 Å². The predicted molar refractivity (Wildman–Crippen MR) is 111 cm³/mol. The van der Waals surface area contributed by atoms with Gasteiger partial charge in [0.2, 0.25) is 16.9 Å². The summed E-state index contributed by atoms with van der Waals surface area (Å²) in [6, 6.07) is 5.69. The minimum absolute atomic E-state index is 0.105. The van der Waals surface area contributed by atoms with Crippen LogP contribution in [0, 0.1) is 6.92 Å². The Kier molecular flexibility index (Phi) is 6.95. The number of carbonyl (C=O) groups is 2. The van der Waals surface area contributed by atoms with E-state index < -0.39 is 0 Å². The van der Waals surface area contributed by atoms with E-state index in [1.54, 1.807) is 0 Å². The number of aryl methyl sites for hydroxylation is 1. The third kappa shape index (κ3) is 5.84. The number of aromatic nitrogens is 2. The second-order valence-corrected chi connectivity index (χ2v) is 8.72. The summed E-state index contributed by atoms with van der Waals surface area (Å²) in [5, 5.41) is 15.4. The highest BCUT2D eigenvalue weighted by atomic mass is 79.9. The number of rotatable bonds is 6. The van der Waals surface area contributed by atoms with Crippen LogP contribution in [0.2, 0.25) is 0 Å². The van der Waals surface area contributed by atoms with E-state index >= 15 is 0 Å². The molecule has 0 atom stereocenters. The molecule has 1 aromatic heterocycles. The second kappa shape index (κ2) is 9.41. The smallest absolute Gasteiger partial charge is 0.226 e. The van der Waals surface area contributed by atoms with E-state index in [0.29, 0.717) is 16.7 Å². The van der Waals surface area contributed by atoms with Crippen molar-refractivity contribution in [2.24, 2.45) is 0 Å². The SMILES string of the molecule is Cc1ccc(NC(=O)CCC(=O)Nc2nnc(C3CCCCC3)s2)c(Br)c1. The Bertz CT molecular complexity index is 818. The molecule has 0 aliphatic heterocycles. The van der Waals surface area contributed by atoms with E-state index in [9.17, 15) is 9.59 Å². The molecule has 2 N–H and O–H groups in total. The zero-order chi connectivity index (χ0) is 19.2. The monoisotopic (exact) mass is 450 g/mol. The number of hydrogen-bond donors (Lipinski definition) is 2. The van der Waals surface area contributed by atoms with Gasteiger partial charge >= 0.3 is 0 Å². The number of carbonyl (C=O) groups excluding carboxylic acids is 2. The maximum Gasteiger partial charge on any atom is 0.226 e. The average molecular weight is 451 g/mol. The number of nitrogens with one attached hydrogen (secondary N) is 2. The first-order chi connectivity index (χ1) is 13.0. The normalized spacial score (nSPS) is 14.7. The van der Waals surface area contributed by atoms with Gasteiger partial charge in [-0.15, -0.1) is 10.2 Å². The molecule has 2 amide bonds. The zero-order valence-electron chi connectivity index (χ0n) is 15.3. The minimum Gasteiger partial charge on any atom is -0.325 e. The fourth-order valence-corrected chi connectivity index (χ4v) is 4.66. The highest BCUT2D eigenvalue weighted by molar-refractivity contribution is 9.10. The molecular formula is C19H23BrN4O2S. The van der Waals surface area contributed by atoms with E-state index in [2.05, 4.69) is 36.8 Å². The summed E-state index contributed by atoms with van der Waals surface area (Å²) in [4.78, 5) is 24.2. The summed E-state index contributed by atoms with van der Waals surface area (Å²) in [6.07, 6.45) is 6.28. The first kappa shape index (κ1) is 19.9. The van der Waals surface area contributed by atoms with Crippen LogP contribution >= 0.6 is 27.3 Å². The molecule has 1 aromatic carbocycles. The molecule has 0 bridgehead atoms. The van der Waals surface area contributed by atoms with Gasteiger partial charge in [0.1, 0.15) is 5.01 Å². The number of benzene rings is 1. The van der Waals surface area contributed by atoms with Gasteiger partial charge in [-0.1, -0.05) is 36.7 Å². The molecule has 0 radical (unpaired) electrons. The van der Waals surface area contributed by atoms with Crippen LogP contribution < -0.4 is 10.6 Å². The van der Waals surface area contributed by atoms with Crippen molar-refractivity contribution in [2.75, 3.05) is 10.6 Å². The van der Waals surface area contributed by atoms with E-state index in [1.807, 2.05) is 25.1 Å². The van der Waals surface area contributed by atoms with Crippen LogP contribution in [0.15, 0.2) is 22.7 Å². The lowest BCUT2D eigenvalue weighted by atomic mass is 9.90. The van der Waals surface area contributed by atoms with Gasteiger partial charge in [0, 0.05) is 23.2 Å².